The third-order valence-electron chi connectivity index (χ3n) is 3.42. The minimum absolute atomic E-state index is 0.160. The van der Waals surface area contributed by atoms with E-state index in [2.05, 4.69) is 22.9 Å². The Labute approximate surface area is 111 Å². The largest absolute Gasteiger partial charge is 0.339 e. The highest BCUT2D eigenvalue weighted by atomic mass is 79.9. The van der Waals surface area contributed by atoms with Gasteiger partial charge in [-0.1, -0.05) is 18.6 Å². The predicted molar refractivity (Wildman–Crippen MR) is 73.2 cm³/mol. The Balaban J connectivity index is 2.16. The molecule has 0 saturated carbocycles. The molecule has 3 heteroatoms. The van der Waals surface area contributed by atoms with Crippen LogP contribution in [0, 0.1) is 12.8 Å². The third-order valence-corrected chi connectivity index (χ3v) is 4.11. The number of amides is 1. The molecule has 2 rings (SSSR count). The summed E-state index contributed by atoms with van der Waals surface area (Å²) in [5.74, 6) is 0.910. The van der Waals surface area contributed by atoms with Crippen LogP contribution in [0.2, 0.25) is 0 Å². The van der Waals surface area contributed by atoms with Gasteiger partial charge in [-0.25, -0.2) is 0 Å². The van der Waals surface area contributed by atoms with Crippen LogP contribution in [0.4, 0.5) is 0 Å². The molecule has 0 radical (unpaired) electrons. The number of halogens is 1. The van der Waals surface area contributed by atoms with E-state index in [1.165, 1.54) is 0 Å². The number of aryl methyl sites for hydroxylation is 1. The van der Waals surface area contributed by atoms with Crippen molar-refractivity contribution >= 4 is 21.8 Å². The number of piperidine rings is 1. The van der Waals surface area contributed by atoms with Gasteiger partial charge in [-0.2, -0.15) is 0 Å². The molecule has 17 heavy (non-hydrogen) atoms. The molecule has 0 N–H and O–H groups in total. The quantitative estimate of drug-likeness (QED) is 0.775. The van der Waals surface area contributed by atoms with E-state index in [4.69, 9.17) is 0 Å². The topological polar surface area (TPSA) is 20.3 Å². The van der Waals surface area contributed by atoms with Crippen LogP contribution in [0.3, 0.4) is 0 Å². The second-order valence-electron chi connectivity index (χ2n) is 4.96. The first-order valence-corrected chi connectivity index (χ1v) is 6.92. The van der Waals surface area contributed by atoms with Crippen molar-refractivity contribution in [2.45, 2.75) is 26.7 Å². The highest BCUT2D eigenvalue weighted by molar-refractivity contribution is 9.10. The zero-order valence-corrected chi connectivity index (χ0v) is 12.0. The first-order valence-electron chi connectivity index (χ1n) is 6.13. The molecule has 0 aliphatic carbocycles. The van der Waals surface area contributed by atoms with Gasteiger partial charge in [0.1, 0.15) is 0 Å². The lowest BCUT2D eigenvalue weighted by Crippen LogP contribution is -2.38. The number of benzene rings is 1. The molecule has 2 nitrogen and oxygen atoms in total. The molecule has 1 aliphatic heterocycles. The Morgan fingerprint density at radius 3 is 2.65 bits per heavy atom. The molecule has 1 saturated heterocycles. The Morgan fingerprint density at radius 2 is 2.00 bits per heavy atom. The highest BCUT2D eigenvalue weighted by Gasteiger charge is 2.22. The number of hydrogen-bond donors (Lipinski definition) is 0. The Bertz CT molecular complexity index is 422. The molecule has 0 unspecified atom stereocenters. The van der Waals surface area contributed by atoms with Crippen LogP contribution >= 0.6 is 15.9 Å². The number of nitrogens with zero attached hydrogens (tertiary/aromatic N) is 1. The Kier molecular flexibility index (Phi) is 3.87. The molecule has 1 fully saturated rings. The maximum absolute atomic E-state index is 12.4. The van der Waals surface area contributed by atoms with Crippen molar-refractivity contribution in [3.63, 3.8) is 0 Å². The summed E-state index contributed by atoms with van der Waals surface area (Å²) < 4.78 is 0.895. The van der Waals surface area contributed by atoms with Gasteiger partial charge in [0.2, 0.25) is 0 Å². The number of carbonyl (C=O) groups is 1. The van der Waals surface area contributed by atoms with Crippen molar-refractivity contribution in [2.75, 3.05) is 13.1 Å². The van der Waals surface area contributed by atoms with Crippen LogP contribution in [0.5, 0.6) is 0 Å². The molecule has 1 aromatic carbocycles. The lowest BCUT2D eigenvalue weighted by atomic mass is 9.98. The summed E-state index contributed by atoms with van der Waals surface area (Å²) in [5.41, 5.74) is 1.92. The van der Waals surface area contributed by atoms with Crippen molar-refractivity contribution in [1.29, 1.82) is 0 Å². The SMILES string of the molecule is Cc1ccc(Br)c(C(=O)N2CCC(C)CC2)c1. The normalized spacial score (nSPS) is 17.2. The van der Waals surface area contributed by atoms with Crippen LogP contribution < -0.4 is 0 Å². The van der Waals surface area contributed by atoms with Crippen molar-refractivity contribution in [3.05, 3.63) is 33.8 Å². The first-order chi connectivity index (χ1) is 8.08. The van der Waals surface area contributed by atoms with Gasteiger partial charge in [-0.3, -0.25) is 4.79 Å². The lowest BCUT2D eigenvalue weighted by molar-refractivity contribution is 0.0696. The summed E-state index contributed by atoms with van der Waals surface area (Å²) in [6, 6.07) is 5.93. The fourth-order valence-corrected chi connectivity index (χ4v) is 2.60. The smallest absolute Gasteiger partial charge is 0.255 e. The second-order valence-corrected chi connectivity index (χ2v) is 5.81. The van der Waals surface area contributed by atoms with E-state index in [1.54, 1.807) is 0 Å². The third kappa shape index (κ3) is 2.89. The minimum atomic E-state index is 0.160. The van der Waals surface area contributed by atoms with E-state index < -0.39 is 0 Å². The average molecular weight is 296 g/mol. The van der Waals surface area contributed by atoms with E-state index >= 15 is 0 Å². The van der Waals surface area contributed by atoms with Gasteiger partial charge in [-0.05, 0) is 53.7 Å². The summed E-state index contributed by atoms with van der Waals surface area (Å²) in [6.45, 7) is 6.05. The van der Waals surface area contributed by atoms with Crippen LogP contribution in [0.1, 0.15) is 35.7 Å². The number of carbonyl (C=O) groups excluding carboxylic acids is 1. The molecule has 1 heterocycles. The molecule has 0 atom stereocenters. The average Bonchev–Trinajstić information content (AvgIpc) is 2.32. The predicted octanol–water partition coefficient (Wildman–Crippen LogP) is 3.63. The van der Waals surface area contributed by atoms with Crippen molar-refractivity contribution in [2.24, 2.45) is 5.92 Å². The molecular weight excluding hydrogens is 278 g/mol. The summed E-state index contributed by atoms with van der Waals surface area (Å²) in [6.07, 6.45) is 2.24. The van der Waals surface area contributed by atoms with E-state index in [-0.39, 0.29) is 5.91 Å². The van der Waals surface area contributed by atoms with E-state index in [0.29, 0.717) is 0 Å². The summed E-state index contributed by atoms with van der Waals surface area (Å²) >= 11 is 3.46. The number of likely N-dealkylation sites (tertiary alicyclic amines) is 1. The van der Waals surface area contributed by atoms with Crippen molar-refractivity contribution in [1.82, 2.24) is 4.90 Å². The van der Waals surface area contributed by atoms with Gasteiger partial charge >= 0.3 is 0 Å². The summed E-state index contributed by atoms with van der Waals surface area (Å²) in [5, 5.41) is 0. The second kappa shape index (κ2) is 5.21. The van der Waals surface area contributed by atoms with Gasteiger partial charge in [0.05, 0.1) is 5.56 Å². The number of hydrogen-bond acceptors (Lipinski definition) is 1. The maximum Gasteiger partial charge on any atom is 0.255 e. The van der Waals surface area contributed by atoms with Gasteiger partial charge in [0, 0.05) is 17.6 Å². The van der Waals surface area contributed by atoms with Crippen LogP contribution in [0.25, 0.3) is 0 Å². The standard InChI is InChI=1S/C14H18BrNO/c1-10-5-7-16(8-6-10)14(17)12-9-11(2)3-4-13(12)15/h3-4,9-10H,5-8H2,1-2H3. The van der Waals surface area contributed by atoms with Crippen LogP contribution in [-0.4, -0.2) is 23.9 Å². The monoisotopic (exact) mass is 295 g/mol. The fourth-order valence-electron chi connectivity index (χ4n) is 2.19. The molecular formula is C14H18BrNO. The summed E-state index contributed by atoms with van der Waals surface area (Å²) in [7, 11) is 0. The van der Waals surface area contributed by atoms with E-state index in [9.17, 15) is 4.79 Å². The maximum atomic E-state index is 12.4. The summed E-state index contributed by atoms with van der Waals surface area (Å²) in [4.78, 5) is 14.3. The zero-order valence-electron chi connectivity index (χ0n) is 10.4. The molecule has 92 valence electrons. The highest BCUT2D eigenvalue weighted by Crippen LogP contribution is 2.23. The zero-order chi connectivity index (χ0) is 12.4. The number of rotatable bonds is 1. The van der Waals surface area contributed by atoms with Crippen LogP contribution in [-0.2, 0) is 0 Å². The van der Waals surface area contributed by atoms with Crippen molar-refractivity contribution in [3.8, 4) is 0 Å². The van der Waals surface area contributed by atoms with E-state index in [1.807, 2.05) is 30.0 Å². The van der Waals surface area contributed by atoms with Gasteiger partial charge in [0.15, 0.2) is 0 Å². The molecule has 0 bridgehead atoms. The minimum Gasteiger partial charge on any atom is -0.339 e. The fraction of sp³-hybridized carbons (Fsp3) is 0.500. The van der Waals surface area contributed by atoms with Gasteiger partial charge in [-0.15, -0.1) is 0 Å². The molecule has 1 aromatic rings. The van der Waals surface area contributed by atoms with Gasteiger partial charge < -0.3 is 4.90 Å². The lowest BCUT2D eigenvalue weighted by Gasteiger charge is -2.30. The molecule has 0 aromatic heterocycles. The molecule has 0 spiro atoms. The van der Waals surface area contributed by atoms with E-state index in [0.717, 1.165) is 47.4 Å². The Hall–Kier alpha value is -0.830. The molecule has 1 amide bonds. The van der Waals surface area contributed by atoms with Gasteiger partial charge in [0.25, 0.3) is 5.91 Å². The Morgan fingerprint density at radius 1 is 1.35 bits per heavy atom. The van der Waals surface area contributed by atoms with Crippen LogP contribution in [0.15, 0.2) is 22.7 Å². The first kappa shape index (κ1) is 12.6. The molecule has 1 aliphatic rings. The van der Waals surface area contributed by atoms with Crippen molar-refractivity contribution < 1.29 is 4.79 Å².